The first kappa shape index (κ1) is 27.8. The normalized spacial score (nSPS) is 34.7. The van der Waals surface area contributed by atoms with Crippen molar-refractivity contribution in [2.45, 2.75) is 126 Å². The van der Waals surface area contributed by atoms with Gasteiger partial charge in [0.2, 0.25) is 0 Å². The maximum atomic E-state index is 13.0. The van der Waals surface area contributed by atoms with Crippen molar-refractivity contribution in [1.82, 2.24) is 0 Å². The number of cyclic esters (lactones) is 2. The average molecular weight is 487 g/mol. The lowest BCUT2D eigenvalue weighted by Gasteiger charge is -2.26. The summed E-state index contributed by atoms with van der Waals surface area (Å²) < 4.78 is 10.8. The molecule has 0 aromatic heterocycles. The molecule has 0 bridgehead atoms. The number of hydrogen-bond donors (Lipinski definition) is 2. The summed E-state index contributed by atoms with van der Waals surface area (Å²) in [6.07, 6.45) is 2.85. The van der Waals surface area contributed by atoms with Gasteiger partial charge in [-0.05, 0) is 52.4 Å². The number of carbonyl (C=O) groups is 4. The number of hydrogen-bond acceptors (Lipinski definition) is 9. The van der Waals surface area contributed by atoms with Gasteiger partial charge < -0.3 is 19.7 Å². The van der Waals surface area contributed by atoms with Crippen LogP contribution in [0.3, 0.4) is 0 Å². The molecule has 0 amide bonds. The zero-order chi connectivity index (χ0) is 24.4. The number of aliphatic hydroxyl groups is 2. The second-order valence-electron chi connectivity index (χ2n) is 9.23. The van der Waals surface area contributed by atoms with Gasteiger partial charge in [-0.2, -0.15) is 0 Å². The van der Waals surface area contributed by atoms with Crippen LogP contribution in [0.5, 0.6) is 0 Å². The van der Waals surface area contributed by atoms with Gasteiger partial charge in [0.05, 0.1) is 35.5 Å². The van der Waals surface area contributed by atoms with Gasteiger partial charge in [-0.3, -0.25) is 19.2 Å². The van der Waals surface area contributed by atoms with Crippen LogP contribution in [-0.4, -0.2) is 68.6 Å². The third kappa shape index (κ3) is 9.74. The van der Waals surface area contributed by atoms with Crippen molar-refractivity contribution in [1.29, 1.82) is 0 Å². The second-order valence-corrected chi connectivity index (χ2v) is 10.6. The number of aliphatic hydroxyl groups excluding tert-OH is 2. The maximum Gasteiger partial charge on any atom is 0.307 e. The zero-order valence-electron chi connectivity index (χ0n) is 19.7. The largest absolute Gasteiger partial charge is 0.463 e. The molecule has 0 saturated carbocycles. The minimum atomic E-state index is -1.26. The SMILES string of the molecule is C[C@H]1CCCCC[C@@H](O)C(=O)[C@H](S[C@@H]2CC(=O)O[C@@H](C)CCCCC[C@@H](O)C2=O)CC(=O)O1. The summed E-state index contributed by atoms with van der Waals surface area (Å²) in [6.45, 7) is 3.60. The third-order valence-corrected chi connectivity index (χ3v) is 7.62. The van der Waals surface area contributed by atoms with E-state index in [1.807, 2.05) is 0 Å². The van der Waals surface area contributed by atoms with Crippen molar-refractivity contribution < 1.29 is 38.9 Å². The molecular formula is C24H38O8S. The molecule has 0 aromatic rings. The molecule has 0 unspecified atom stereocenters. The standard InChI is InChI=1S/C24H38O8S/c1-15-9-5-3-7-11-17(25)23(29)19(13-21(27)31-15)33-20-14-22(28)32-16(2)10-6-4-8-12-18(26)24(20)30/h15-20,25-26H,3-14H2,1-2H3/t15-,16-,17+,18+,19+,20+/m0/s1. The van der Waals surface area contributed by atoms with Gasteiger partial charge in [0.1, 0.15) is 12.2 Å². The van der Waals surface area contributed by atoms with Gasteiger partial charge in [0.25, 0.3) is 0 Å². The van der Waals surface area contributed by atoms with E-state index in [0.29, 0.717) is 25.7 Å². The van der Waals surface area contributed by atoms with Crippen LogP contribution in [0.15, 0.2) is 0 Å². The van der Waals surface area contributed by atoms with E-state index in [2.05, 4.69) is 0 Å². The first-order valence-corrected chi connectivity index (χ1v) is 13.1. The van der Waals surface area contributed by atoms with E-state index >= 15 is 0 Å². The molecule has 8 nitrogen and oxygen atoms in total. The molecule has 2 rings (SSSR count). The molecule has 2 N–H and O–H groups in total. The van der Waals surface area contributed by atoms with Gasteiger partial charge in [0, 0.05) is 0 Å². The van der Waals surface area contributed by atoms with Gasteiger partial charge in [-0.15, -0.1) is 11.8 Å². The van der Waals surface area contributed by atoms with Crippen LogP contribution in [0.1, 0.15) is 90.9 Å². The van der Waals surface area contributed by atoms with Crippen LogP contribution < -0.4 is 0 Å². The number of ketones is 2. The fourth-order valence-corrected chi connectivity index (χ4v) is 5.65. The Balaban J connectivity index is 2.22. The molecule has 9 heteroatoms. The Morgan fingerprint density at radius 1 is 0.636 bits per heavy atom. The number of thioether (sulfide) groups is 1. The Bertz CT molecular complexity index is 625. The Morgan fingerprint density at radius 2 is 1.00 bits per heavy atom. The van der Waals surface area contributed by atoms with Crippen molar-refractivity contribution in [2.75, 3.05) is 0 Å². The van der Waals surface area contributed by atoms with E-state index in [1.165, 1.54) is 0 Å². The van der Waals surface area contributed by atoms with Gasteiger partial charge in [0.15, 0.2) is 11.6 Å². The molecular weight excluding hydrogens is 448 g/mol. The first-order chi connectivity index (χ1) is 15.7. The van der Waals surface area contributed by atoms with E-state index in [0.717, 1.165) is 37.4 Å². The van der Waals surface area contributed by atoms with Crippen molar-refractivity contribution in [3.63, 3.8) is 0 Å². The molecule has 2 heterocycles. The van der Waals surface area contributed by atoms with Crippen molar-refractivity contribution in [2.24, 2.45) is 0 Å². The van der Waals surface area contributed by atoms with Crippen molar-refractivity contribution in [3.8, 4) is 0 Å². The number of rotatable bonds is 2. The zero-order valence-corrected chi connectivity index (χ0v) is 20.5. The first-order valence-electron chi connectivity index (χ1n) is 12.1. The second kappa shape index (κ2) is 14.1. The molecule has 2 fully saturated rings. The quantitative estimate of drug-likeness (QED) is 0.566. The van der Waals surface area contributed by atoms with Crippen LogP contribution in [0.2, 0.25) is 0 Å². The summed E-state index contributed by atoms with van der Waals surface area (Å²) in [5.41, 5.74) is 0. The highest BCUT2D eigenvalue weighted by atomic mass is 32.2. The molecule has 2 aliphatic heterocycles. The van der Waals surface area contributed by atoms with Gasteiger partial charge >= 0.3 is 11.9 Å². The van der Waals surface area contributed by atoms with Gasteiger partial charge in [-0.25, -0.2) is 0 Å². The van der Waals surface area contributed by atoms with Crippen molar-refractivity contribution in [3.05, 3.63) is 0 Å². The predicted molar refractivity (Wildman–Crippen MR) is 124 cm³/mol. The molecule has 188 valence electrons. The summed E-state index contributed by atoms with van der Waals surface area (Å²) in [7, 11) is 0. The highest BCUT2D eigenvalue weighted by Crippen LogP contribution is 2.30. The Hall–Kier alpha value is -1.45. The van der Waals surface area contributed by atoms with Gasteiger partial charge in [-0.1, -0.05) is 25.7 Å². The molecule has 0 spiro atoms. The van der Waals surface area contributed by atoms with Crippen LogP contribution in [0, 0.1) is 0 Å². The summed E-state index contributed by atoms with van der Waals surface area (Å²) in [5.74, 6) is -2.28. The topological polar surface area (TPSA) is 127 Å². The van der Waals surface area contributed by atoms with Crippen LogP contribution in [-0.2, 0) is 28.7 Å². The minimum absolute atomic E-state index is 0.278. The predicted octanol–water partition coefficient (Wildman–Crippen LogP) is 2.89. The average Bonchev–Trinajstić information content (AvgIpc) is 2.74. The molecule has 2 saturated heterocycles. The molecule has 0 radical (unpaired) electrons. The fraction of sp³-hybridized carbons (Fsp3) is 0.833. The summed E-state index contributed by atoms with van der Waals surface area (Å²) >= 11 is 0.856. The Kier molecular flexibility index (Phi) is 11.8. The lowest BCUT2D eigenvalue weighted by molar-refractivity contribution is -0.150. The van der Waals surface area contributed by atoms with E-state index in [9.17, 15) is 29.4 Å². The third-order valence-electron chi connectivity index (χ3n) is 6.17. The Labute approximate surface area is 200 Å². The smallest absolute Gasteiger partial charge is 0.307 e. The summed E-state index contributed by atoms with van der Waals surface area (Å²) in [5, 5.41) is 18.7. The number of carbonyl (C=O) groups excluding carboxylic acids is 4. The number of esters is 2. The molecule has 6 atom stereocenters. The van der Waals surface area contributed by atoms with E-state index in [4.69, 9.17) is 9.47 Å². The minimum Gasteiger partial charge on any atom is -0.463 e. The van der Waals surface area contributed by atoms with Crippen LogP contribution >= 0.6 is 11.8 Å². The highest BCUT2D eigenvalue weighted by Gasteiger charge is 2.37. The number of Topliss-reactive ketones (excluding diaryl/α,β-unsaturated/α-hetero) is 2. The summed E-state index contributed by atoms with van der Waals surface area (Å²) in [4.78, 5) is 50.9. The summed E-state index contributed by atoms with van der Waals surface area (Å²) in [6, 6.07) is 0. The van der Waals surface area contributed by atoms with E-state index < -0.39 is 46.2 Å². The van der Waals surface area contributed by atoms with Crippen molar-refractivity contribution >= 4 is 35.3 Å². The lowest BCUT2D eigenvalue weighted by Crippen LogP contribution is -2.39. The monoisotopic (exact) mass is 486 g/mol. The molecule has 0 aliphatic carbocycles. The fourth-order valence-electron chi connectivity index (χ4n) is 4.20. The molecule has 2 aliphatic rings. The number of ether oxygens (including phenoxy) is 2. The molecule has 33 heavy (non-hydrogen) atoms. The lowest BCUT2D eigenvalue weighted by atomic mass is 10.0. The maximum absolute atomic E-state index is 13.0. The highest BCUT2D eigenvalue weighted by molar-refractivity contribution is 8.02. The Morgan fingerprint density at radius 3 is 1.39 bits per heavy atom. The molecule has 0 aromatic carbocycles. The van der Waals surface area contributed by atoms with E-state index in [1.54, 1.807) is 13.8 Å². The van der Waals surface area contributed by atoms with E-state index in [-0.39, 0.29) is 37.9 Å². The van der Waals surface area contributed by atoms with Crippen LogP contribution in [0.4, 0.5) is 0 Å². The van der Waals surface area contributed by atoms with Crippen LogP contribution in [0.25, 0.3) is 0 Å².